The van der Waals surface area contributed by atoms with Crippen LogP contribution in [0.5, 0.6) is 0 Å². The minimum atomic E-state index is 0.00630. The van der Waals surface area contributed by atoms with Gasteiger partial charge in [-0.25, -0.2) is 0 Å². The SMILES string of the molecule is CC1(C)CC1C(=O)Sc1ccc(C(=O)c2ccccc2)cc1. The number of carbonyl (C=O) groups excluding carboxylic acids is 2. The molecule has 0 aromatic heterocycles. The normalized spacial score (nSPS) is 18.7. The number of benzene rings is 2. The predicted octanol–water partition coefficient (Wildman–Crippen LogP) is 4.58. The molecule has 1 fully saturated rings. The van der Waals surface area contributed by atoms with E-state index in [-0.39, 0.29) is 22.2 Å². The number of hydrogen-bond donors (Lipinski definition) is 0. The van der Waals surface area contributed by atoms with E-state index in [9.17, 15) is 9.59 Å². The summed E-state index contributed by atoms with van der Waals surface area (Å²) in [5.41, 5.74) is 1.49. The first-order valence-corrected chi connectivity index (χ1v) is 8.20. The summed E-state index contributed by atoms with van der Waals surface area (Å²) in [4.78, 5) is 25.3. The molecule has 3 rings (SSSR count). The standard InChI is InChI=1S/C19H18O2S/c1-19(2)12-16(19)18(21)22-15-10-8-14(9-11-15)17(20)13-6-4-3-5-7-13/h3-11,16H,12H2,1-2H3. The molecule has 1 saturated carbocycles. The van der Waals surface area contributed by atoms with Crippen molar-refractivity contribution in [3.05, 3.63) is 65.7 Å². The van der Waals surface area contributed by atoms with Crippen molar-refractivity contribution in [2.24, 2.45) is 11.3 Å². The Morgan fingerprint density at radius 2 is 1.50 bits per heavy atom. The third-order valence-electron chi connectivity index (χ3n) is 4.17. The summed E-state index contributed by atoms with van der Waals surface area (Å²) in [6, 6.07) is 16.5. The van der Waals surface area contributed by atoms with Gasteiger partial charge in [0.2, 0.25) is 0 Å². The third kappa shape index (κ3) is 3.14. The van der Waals surface area contributed by atoms with Gasteiger partial charge in [-0.15, -0.1) is 0 Å². The van der Waals surface area contributed by atoms with Gasteiger partial charge in [0.05, 0.1) is 0 Å². The molecule has 1 unspecified atom stereocenters. The van der Waals surface area contributed by atoms with Crippen LogP contribution in [0.3, 0.4) is 0 Å². The monoisotopic (exact) mass is 310 g/mol. The Hall–Kier alpha value is -1.87. The topological polar surface area (TPSA) is 34.1 Å². The van der Waals surface area contributed by atoms with Gasteiger partial charge in [-0.2, -0.15) is 0 Å². The highest BCUT2D eigenvalue weighted by Crippen LogP contribution is 2.54. The Kier molecular flexibility index (Phi) is 3.92. The Morgan fingerprint density at radius 1 is 0.955 bits per heavy atom. The first kappa shape index (κ1) is 15.0. The van der Waals surface area contributed by atoms with Crippen molar-refractivity contribution in [3.8, 4) is 0 Å². The number of thioether (sulfide) groups is 1. The highest BCUT2D eigenvalue weighted by atomic mass is 32.2. The molecule has 1 aliphatic rings. The Bertz CT molecular complexity index is 702. The van der Waals surface area contributed by atoms with E-state index in [4.69, 9.17) is 0 Å². The fourth-order valence-electron chi connectivity index (χ4n) is 2.49. The first-order chi connectivity index (χ1) is 10.5. The average molecular weight is 310 g/mol. The van der Waals surface area contributed by atoms with Gasteiger partial charge >= 0.3 is 0 Å². The zero-order valence-electron chi connectivity index (χ0n) is 12.7. The zero-order chi connectivity index (χ0) is 15.7. The van der Waals surface area contributed by atoms with E-state index in [1.807, 2.05) is 42.5 Å². The molecule has 2 aromatic rings. The fraction of sp³-hybridized carbons (Fsp3) is 0.263. The van der Waals surface area contributed by atoms with Crippen LogP contribution in [0.1, 0.15) is 36.2 Å². The average Bonchev–Trinajstić information content (AvgIpc) is 3.17. The van der Waals surface area contributed by atoms with Crippen molar-refractivity contribution in [2.75, 3.05) is 0 Å². The van der Waals surface area contributed by atoms with Crippen LogP contribution in [0.2, 0.25) is 0 Å². The maximum absolute atomic E-state index is 12.3. The molecule has 2 nitrogen and oxygen atoms in total. The second-order valence-electron chi connectivity index (χ2n) is 6.39. The molecule has 0 N–H and O–H groups in total. The van der Waals surface area contributed by atoms with Crippen LogP contribution in [0, 0.1) is 11.3 Å². The fourth-order valence-corrected chi connectivity index (χ4v) is 3.54. The molecule has 22 heavy (non-hydrogen) atoms. The van der Waals surface area contributed by atoms with E-state index in [2.05, 4.69) is 13.8 Å². The second kappa shape index (κ2) is 5.73. The highest BCUT2D eigenvalue weighted by molar-refractivity contribution is 8.13. The van der Waals surface area contributed by atoms with Crippen LogP contribution in [0.4, 0.5) is 0 Å². The van der Waals surface area contributed by atoms with E-state index >= 15 is 0 Å². The number of ketones is 1. The van der Waals surface area contributed by atoms with Crippen LogP contribution < -0.4 is 0 Å². The minimum absolute atomic E-state index is 0.00630. The predicted molar refractivity (Wildman–Crippen MR) is 89.1 cm³/mol. The molecule has 1 atom stereocenters. The van der Waals surface area contributed by atoms with E-state index in [1.165, 1.54) is 11.8 Å². The molecular weight excluding hydrogens is 292 g/mol. The van der Waals surface area contributed by atoms with Crippen LogP contribution in [0.25, 0.3) is 0 Å². The molecule has 0 saturated heterocycles. The quantitative estimate of drug-likeness (QED) is 0.612. The number of rotatable bonds is 4. The van der Waals surface area contributed by atoms with Gasteiger partial charge in [-0.1, -0.05) is 55.9 Å². The molecule has 0 heterocycles. The first-order valence-electron chi connectivity index (χ1n) is 7.39. The number of hydrogen-bond acceptors (Lipinski definition) is 3. The summed E-state index contributed by atoms with van der Waals surface area (Å²) in [6.07, 6.45) is 0.976. The van der Waals surface area contributed by atoms with Gasteiger partial charge in [-0.3, -0.25) is 9.59 Å². The summed E-state index contributed by atoms with van der Waals surface area (Å²) in [7, 11) is 0. The van der Waals surface area contributed by atoms with E-state index < -0.39 is 0 Å². The van der Waals surface area contributed by atoms with Crippen molar-refractivity contribution >= 4 is 22.7 Å². The third-order valence-corrected chi connectivity index (χ3v) is 5.16. The van der Waals surface area contributed by atoms with Crippen molar-refractivity contribution in [3.63, 3.8) is 0 Å². The Balaban J connectivity index is 1.68. The van der Waals surface area contributed by atoms with Crippen molar-refractivity contribution in [1.29, 1.82) is 0 Å². The number of carbonyl (C=O) groups is 2. The summed E-state index contributed by atoms with van der Waals surface area (Å²) >= 11 is 1.28. The molecule has 112 valence electrons. The van der Waals surface area contributed by atoms with Gasteiger partial charge in [-0.05, 0) is 36.1 Å². The Labute approximate surface area is 134 Å². The highest BCUT2D eigenvalue weighted by Gasteiger charge is 2.50. The van der Waals surface area contributed by atoms with Gasteiger partial charge < -0.3 is 0 Å². The molecule has 0 bridgehead atoms. The largest absolute Gasteiger partial charge is 0.289 e. The summed E-state index contributed by atoms with van der Waals surface area (Å²) in [6.45, 7) is 4.25. The molecule has 0 amide bonds. The lowest BCUT2D eigenvalue weighted by molar-refractivity contribution is -0.112. The lowest BCUT2D eigenvalue weighted by Crippen LogP contribution is -2.02. The lowest BCUT2D eigenvalue weighted by Gasteiger charge is -2.05. The molecule has 0 radical (unpaired) electrons. The minimum Gasteiger partial charge on any atom is -0.289 e. The van der Waals surface area contributed by atoms with Gasteiger partial charge in [0.15, 0.2) is 10.9 Å². The van der Waals surface area contributed by atoms with E-state index in [0.717, 1.165) is 11.3 Å². The van der Waals surface area contributed by atoms with Gasteiger partial charge in [0, 0.05) is 21.9 Å². The molecule has 3 heteroatoms. The molecular formula is C19H18O2S. The van der Waals surface area contributed by atoms with Gasteiger partial charge in [0.1, 0.15) is 0 Å². The second-order valence-corrected chi connectivity index (χ2v) is 7.46. The van der Waals surface area contributed by atoms with Gasteiger partial charge in [0.25, 0.3) is 0 Å². The summed E-state index contributed by atoms with van der Waals surface area (Å²) in [5, 5.41) is 0.229. The van der Waals surface area contributed by atoms with Crippen molar-refractivity contribution < 1.29 is 9.59 Å². The van der Waals surface area contributed by atoms with Crippen LogP contribution >= 0.6 is 11.8 Å². The van der Waals surface area contributed by atoms with Crippen molar-refractivity contribution in [1.82, 2.24) is 0 Å². The molecule has 0 aliphatic heterocycles. The van der Waals surface area contributed by atoms with Crippen LogP contribution in [-0.4, -0.2) is 10.9 Å². The maximum Gasteiger partial charge on any atom is 0.197 e. The smallest absolute Gasteiger partial charge is 0.197 e. The molecule has 1 aliphatic carbocycles. The lowest BCUT2D eigenvalue weighted by atomic mass is 10.0. The van der Waals surface area contributed by atoms with Crippen LogP contribution in [0.15, 0.2) is 59.5 Å². The zero-order valence-corrected chi connectivity index (χ0v) is 13.5. The molecule has 0 spiro atoms. The van der Waals surface area contributed by atoms with Crippen molar-refractivity contribution in [2.45, 2.75) is 25.2 Å². The maximum atomic E-state index is 12.3. The summed E-state index contributed by atoms with van der Waals surface area (Å²) in [5.74, 6) is 0.176. The molecule has 2 aromatic carbocycles. The summed E-state index contributed by atoms with van der Waals surface area (Å²) < 4.78 is 0. The van der Waals surface area contributed by atoms with E-state index in [0.29, 0.717) is 11.1 Å². The Morgan fingerprint density at radius 3 is 2.05 bits per heavy atom. The van der Waals surface area contributed by atoms with E-state index in [1.54, 1.807) is 12.1 Å². The van der Waals surface area contributed by atoms with Crippen LogP contribution in [-0.2, 0) is 4.79 Å².